The van der Waals surface area contributed by atoms with Crippen LogP contribution in [-0.2, 0) is 6.42 Å². The van der Waals surface area contributed by atoms with E-state index < -0.39 is 0 Å². The van der Waals surface area contributed by atoms with Crippen LogP contribution in [0.15, 0.2) is 12.3 Å². The van der Waals surface area contributed by atoms with Gasteiger partial charge in [-0.2, -0.15) is 5.10 Å². The summed E-state index contributed by atoms with van der Waals surface area (Å²) in [5.41, 5.74) is 1.28. The number of rotatable bonds is 7. The number of hydrogen-bond donors (Lipinski definition) is 1. The molecule has 3 nitrogen and oxygen atoms in total. The summed E-state index contributed by atoms with van der Waals surface area (Å²) in [7, 11) is 0. The zero-order chi connectivity index (χ0) is 15.2. The van der Waals surface area contributed by atoms with Gasteiger partial charge >= 0.3 is 0 Å². The number of nitrogens with one attached hydrogen (secondary N) is 1. The van der Waals surface area contributed by atoms with Crippen molar-refractivity contribution in [2.75, 3.05) is 13.1 Å². The number of hydrogen-bond acceptors (Lipinski definition) is 2. The van der Waals surface area contributed by atoms with Crippen LogP contribution in [0.25, 0.3) is 0 Å². The van der Waals surface area contributed by atoms with Crippen LogP contribution in [0.5, 0.6) is 0 Å². The normalized spacial score (nSPS) is 26.4. The first kappa shape index (κ1) is 16.5. The summed E-state index contributed by atoms with van der Waals surface area (Å²) < 4.78 is 2.09. The quantitative estimate of drug-likeness (QED) is 0.768. The van der Waals surface area contributed by atoms with Gasteiger partial charge in [-0.15, -0.1) is 0 Å². The SMILES string of the molecule is CCCNCC1CCC(C)CC1Cc1ccn(C(C)C)n1. The van der Waals surface area contributed by atoms with Crippen LogP contribution in [0, 0.1) is 17.8 Å². The summed E-state index contributed by atoms with van der Waals surface area (Å²) in [5, 5.41) is 8.39. The van der Waals surface area contributed by atoms with Crippen molar-refractivity contribution in [1.82, 2.24) is 15.1 Å². The molecule has 2 rings (SSSR count). The van der Waals surface area contributed by atoms with Gasteiger partial charge in [-0.3, -0.25) is 4.68 Å². The highest BCUT2D eigenvalue weighted by Gasteiger charge is 2.29. The molecule has 3 heteroatoms. The van der Waals surface area contributed by atoms with E-state index in [2.05, 4.69) is 50.0 Å². The molecule has 120 valence electrons. The summed E-state index contributed by atoms with van der Waals surface area (Å²) in [6, 6.07) is 2.68. The van der Waals surface area contributed by atoms with Gasteiger partial charge in [0.15, 0.2) is 0 Å². The molecular formula is C18H33N3. The minimum absolute atomic E-state index is 0.464. The third kappa shape index (κ3) is 4.84. The van der Waals surface area contributed by atoms with Crippen molar-refractivity contribution in [2.45, 2.75) is 65.8 Å². The van der Waals surface area contributed by atoms with E-state index >= 15 is 0 Å². The predicted octanol–water partition coefficient (Wildman–Crippen LogP) is 4.06. The maximum Gasteiger partial charge on any atom is 0.0627 e. The van der Waals surface area contributed by atoms with Gasteiger partial charge in [-0.1, -0.05) is 20.3 Å². The molecule has 21 heavy (non-hydrogen) atoms. The summed E-state index contributed by atoms with van der Waals surface area (Å²) in [5.74, 6) is 2.51. The lowest BCUT2D eigenvalue weighted by Crippen LogP contribution is -2.34. The van der Waals surface area contributed by atoms with Gasteiger partial charge in [0.05, 0.1) is 5.69 Å². The van der Waals surface area contributed by atoms with Gasteiger partial charge in [0.2, 0.25) is 0 Å². The summed E-state index contributed by atoms with van der Waals surface area (Å²) in [6.45, 7) is 11.4. The van der Waals surface area contributed by atoms with Gasteiger partial charge in [-0.25, -0.2) is 0 Å². The Hall–Kier alpha value is -0.830. The molecule has 1 aliphatic carbocycles. The van der Waals surface area contributed by atoms with Gasteiger partial charge in [0.25, 0.3) is 0 Å². The minimum atomic E-state index is 0.464. The molecule has 3 atom stereocenters. The minimum Gasteiger partial charge on any atom is -0.316 e. The fraction of sp³-hybridized carbons (Fsp3) is 0.833. The maximum absolute atomic E-state index is 4.76. The number of nitrogens with zero attached hydrogens (tertiary/aromatic N) is 2. The predicted molar refractivity (Wildman–Crippen MR) is 89.5 cm³/mol. The van der Waals surface area contributed by atoms with Crippen LogP contribution in [0.1, 0.15) is 65.1 Å². The summed E-state index contributed by atoms with van der Waals surface area (Å²) in [6.07, 6.45) is 8.67. The maximum atomic E-state index is 4.76. The molecule has 3 unspecified atom stereocenters. The molecule has 1 aliphatic rings. The Morgan fingerprint density at radius 1 is 1.33 bits per heavy atom. The standard InChI is InChI=1S/C18H33N3/c1-5-9-19-13-16-7-6-15(4)11-17(16)12-18-8-10-21(20-18)14(2)3/h8,10,14-17,19H,5-7,9,11-13H2,1-4H3. The van der Waals surface area contributed by atoms with Crippen LogP contribution in [0.2, 0.25) is 0 Å². The molecule has 0 saturated heterocycles. The Balaban J connectivity index is 1.95. The molecule has 1 fully saturated rings. The van der Waals surface area contributed by atoms with E-state index in [1.165, 1.54) is 37.9 Å². The molecule has 1 saturated carbocycles. The van der Waals surface area contributed by atoms with Crippen LogP contribution in [0.4, 0.5) is 0 Å². The molecule has 0 amide bonds. The van der Waals surface area contributed by atoms with Crippen molar-refractivity contribution in [3.05, 3.63) is 18.0 Å². The van der Waals surface area contributed by atoms with E-state index in [0.717, 1.165) is 30.7 Å². The molecule has 0 aliphatic heterocycles. The van der Waals surface area contributed by atoms with E-state index in [1.54, 1.807) is 0 Å². The average molecular weight is 291 g/mol. The van der Waals surface area contributed by atoms with Gasteiger partial charge in [0, 0.05) is 12.2 Å². The zero-order valence-electron chi connectivity index (χ0n) is 14.3. The van der Waals surface area contributed by atoms with E-state index in [9.17, 15) is 0 Å². The molecule has 0 aromatic carbocycles. The van der Waals surface area contributed by atoms with Gasteiger partial charge < -0.3 is 5.32 Å². The van der Waals surface area contributed by atoms with Crippen LogP contribution >= 0.6 is 0 Å². The average Bonchev–Trinajstić information content (AvgIpc) is 2.90. The molecule has 1 aromatic heterocycles. The Labute approximate surface area is 130 Å². The second-order valence-corrected chi connectivity index (χ2v) is 7.23. The second kappa shape index (κ2) is 7.98. The molecular weight excluding hydrogens is 258 g/mol. The molecule has 0 spiro atoms. The smallest absolute Gasteiger partial charge is 0.0627 e. The monoisotopic (exact) mass is 291 g/mol. The van der Waals surface area contributed by atoms with Crippen molar-refractivity contribution in [1.29, 1.82) is 0 Å². The van der Waals surface area contributed by atoms with Crippen LogP contribution < -0.4 is 5.32 Å². The second-order valence-electron chi connectivity index (χ2n) is 7.23. The highest BCUT2D eigenvalue weighted by Crippen LogP contribution is 2.35. The number of aromatic nitrogens is 2. The van der Waals surface area contributed by atoms with E-state index in [1.807, 2.05) is 0 Å². The highest BCUT2D eigenvalue weighted by atomic mass is 15.3. The van der Waals surface area contributed by atoms with E-state index in [-0.39, 0.29) is 0 Å². The molecule has 1 aromatic rings. The van der Waals surface area contributed by atoms with Crippen molar-refractivity contribution in [3.8, 4) is 0 Å². The fourth-order valence-electron chi connectivity index (χ4n) is 3.59. The van der Waals surface area contributed by atoms with E-state index in [0.29, 0.717) is 6.04 Å². The summed E-state index contributed by atoms with van der Waals surface area (Å²) >= 11 is 0. The molecule has 1 heterocycles. The van der Waals surface area contributed by atoms with Gasteiger partial charge in [-0.05, 0) is 76.4 Å². The Morgan fingerprint density at radius 3 is 2.81 bits per heavy atom. The lowest BCUT2D eigenvalue weighted by molar-refractivity contribution is 0.182. The first-order valence-corrected chi connectivity index (χ1v) is 8.84. The first-order valence-electron chi connectivity index (χ1n) is 8.84. The third-order valence-corrected chi connectivity index (χ3v) is 4.90. The fourth-order valence-corrected chi connectivity index (χ4v) is 3.59. The largest absolute Gasteiger partial charge is 0.316 e. The molecule has 0 radical (unpaired) electrons. The zero-order valence-corrected chi connectivity index (χ0v) is 14.3. The van der Waals surface area contributed by atoms with Gasteiger partial charge in [0.1, 0.15) is 0 Å². The van der Waals surface area contributed by atoms with Crippen LogP contribution in [0.3, 0.4) is 0 Å². The highest BCUT2D eigenvalue weighted by molar-refractivity contribution is 5.02. The molecule has 0 bridgehead atoms. The molecule has 1 N–H and O–H groups in total. The van der Waals surface area contributed by atoms with E-state index in [4.69, 9.17) is 5.10 Å². The van der Waals surface area contributed by atoms with Crippen molar-refractivity contribution in [2.24, 2.45) is 17.8 Å². The Bertz CT molecular complexity index is 410. The van der Waals surface area contributed by atoms with Crippen molar-refractivity contribution < 1.29 is 0 Å². The lowest BCUT2D eigenvalue weighted by Gasteiger charge is -2.35. The Morgan fingerprint density at radius 2 is 2.14 bits per heavy atom. The Kier molecular flexibility index (Phi) is 6.28. The lowest BCUT2D eigenvalue weighted by atomic mass is 9.72. The summed E-state index contributed by atoms with van der Waals surface area (Å²) in [4.78, 5) is 0. The van der Waals surface area contributed by atoms with Crippen LogP contribution in [-0.4, -0.2) is 22.9 Å². The van der Waals surface area contributed by atoms with Crippen molar-refractivity contribution in [3.63, 3.8) is 0 Å². The van der Waals surface area contributed by atoms with Crippen molar-refractivity contribution >= 4 is 0 Å². The third-order valence-electron chi connectivity index (χ3n) is 4.90. The topological polar surface area (TPSA) is 29.9 Å². The first-order chi connectivity index (χ1) is 10.1.